The van der Waals surface area contributed by atoms with E-state index in [9.17, 15) is 14.9 Å². The van der Waals surface area contributed by atoms with E-state index < -0.39 is 11.0 Å². The van der Waals surface area contributed by atoms with Crippen LogP contribution in [0.5, 0.6) is 0 Å². The second-order valence-electron chi connectivity index (χ2n) is 7.40. The van der Waals surface area contributed by atoms with Crippen LogP contribution in [-0.4, -0.2) is 25.6 Å². The number of nitro benzene ring substituents is 1. The summed E-state index contributed by atoms with van der Waals surface area (Å²) in [4.78, 5) is 23.5. The smallest absolute Gasteiger partial charge is 0.269 e. The van der Waals surface area contributed by atoms with Gasteiger partial charge in [-0.25, -0.2) is 0 Å². The van der Waals surface area contributed by atoms with Gasteiger partial charge in [0, 0.05) is 28.0 Å². The highest BCUT2D eigenvalue weighted by atomic mass is 79.9. The molecule has 4 aromatic rings. The lowest BCUT2D eigenvalue weighted by molar-refractivity contribution is -0.384. The lowest BCUT2D eigenvalue weighted by atomic mass is 10.2. The number of rotatable bonds is 8. The zero-order chi connectivity index (χ0) is 24.1. The van der Waals surface area contributed by atoms with Crippen LogP contribution in [0.25, 0.3) is 5.69 Å². The van der Waals surface area contributed by atoms with Crippen molar-refractivity contribution in [2.75, 3.05) is 0 Å². The maximum Gasteiger partial charge on any atom is 0.269 e. The third kappa shape index (κ3) is 5.35. The molecule has 1 aromatic heterocycles. The van der Waals surface area contributed by atoms with Crippen LogP contribution in [-0.2, 0) is 5.75 Å². The first-order valence-electron chi connectivity index (χ1n) is 10.4. The minimum absolute atomic E-state index is 0.00728. The highest BCUT2D eigenvalue weighted by molar-refractivity contribution is 9.10. The molecule has 0 fully saturated rings. The van der Waals surface area contributed by atoms with E-state index in [0.29, 0.717) is 32.5 Å². The third-order valence-electron chi connectivity index (χ3n) is 5.04. The number of aromatic nitrogens is 3. The number of carbonyl (C=O) groups is 1. The summed E-state index contributed by atoms with van der Waals surface area (Å²) in [5.74, 6) is 0.936. The van der Waals surface area contributed by atoms with Crippen molar-refractivity contribution in [3.8, 4) is 5.69 Å². The summed E-state index contributed by atoms with van der Waals surface area (Å²) in [6, 6.07) is 22.8. The van der Waals surface area contributed by atoms with Crippen LogP contribution < -0.4 is 5.32 Å². The van der Waals surface area contributed by atoms with Gasteiger partial charge >= 0.3 is 0 Å². The molecule has 0 aliphatic carbocycles. The molecule has 0 saturated heterocycles. The fourth-order valence-electron chi connectivity index (χ4n) is 3.33. The number of nitro groups is 1. The van der Waals surface area contributed by atoms with Crippen molar-refractivity contribution in [1.29, 1.82) is 0 Å². The van der Waals surface area contributed by atoms with Gasteiger partial charge < -0.3 is 5.32 Å². The first-order chi connectivity index (χ1) is 16.4. The quantitative estimate of drug-likeness (QED) is 0.175. The summed E-state index contributed by atoms with van der Waals surface area (Å²) < 4.78 is 2.51. The van der Waals surface area contributed by atoms with Gasteiger partial charge in [-0.15, -0.1) is 10.2 Å². The van der Waals surface area contributed by atoms with E-state index in [1.807, 2.05) is 47.9 Å². The number of nitrogens with zero attached hydrogens (tertiary/aromatic N) is 4. The van der Waals surface area contributed by atoms with E-state index in [4.69, 9.17) is 0 Å². The molecule has 3 aromatic carbocycles. The van der Waals surface area contributed by atoms with Crippen LogP contribution in [0.1, 0.15) is 34.7 Å². The number of carbonyl (C=O) groups excluding carboxylic acids is 1. The largest absolute Gasteiger partial charge is 0.342 e. The van der Waals surface area contributed by atoms with E-state index in [-0.39, 0.29) is 11.6 Å². The molecule has 1 unspecified atom stereocenters. The Hall–Kier alpha value is -3.50. The number of thioether (sulfide) groups is 1. The molecular weight excluding hydrogens is 518 g/mol. The zero-order valence-electron chi connectivity index (χ0n) is 18.1. The molecule has 0 aliphatic heterocycles. The first-order valence-corrected chi connectivity index (χ1v) is 12.1. The number of hydrogen-bond donors (Lipinski definition) is 1. The number of non-ortho nitro benzene ring substituents is 1. The van der Waals surface area contributed by atoms with Crippen LogP contribution >= 0.6 is 27.7 Å². The topological polar surface area (TPSA) is 103 Å². The minimum Gasteiger partial charge on any atom is -0.342 e. The monoisotopic (exact) mass is 537 g/mol. The number of benzene rings is 3. The Balaban J connectivity index is 1.65. The van der Waals surface area contributed by atoms with E-state index in [1.165, 1.54) is 23.9 Å². The van der Waals surface area contributed by atoms with Crippen molar-refractivity contribution < 1.29 is 9.72 Å². The number of hydrogen-bond acceptors (Lipinski definition) is 6. The van der Waals surface area contributed by atoms with Gasteiger partial charge in [-0.3, -0.25) is 19.5 Å². The maximum absolute atomic E-state index is 12.9. The second kappa shape index (κ2) is 10.6. The summed E-state index contributed by atoms with van der Waals surface area (Å²) in [7, 11) is 0. The average Bonchev–Trinajstić information content (AvgIpc) is 3.28. The van der Waals surface area contributed by atoms with Gasteiger partial charge in [0.25, 0.3) is 11.6 Å². The van der Waals surface area contributed by atoms with Crippen LogP contribution in [0.2, 0.25) is 0 Å². The number of amides is 1. The summed E-state index contributed by atoms with van der Waals surface area (Å²) in [6.07, 6.45) is 0. The van der Waals surface area contributed by atoms with Crippen molar-refractivity contribution >= 4 is 39.3 Å². The third-order valence-corrected chi connectivity index (χ3v) is 6.73. The molecule has 4 rings (SSSR count). The molecule has 8 nitrogen and oxygen atoms in total. The van der Waals surface area contributed by atoms with Gasteiger partial charge in [0.2, 0.25) is 0 Å². The van der Waals surface area contributed by atoms with Crippen molar-refractivity contribution in [3.63, 3.8) is 0 Å². The number of halogens is 1. The molecule has 1 heterocycles. The predicted octanol–water partition coefficient (Wildman–Crippen LogP) is 5.72. The second-order valence-corrected chi connectivity index (χ2v) is 9.20. The lowest BCUT2D eigenvalue weighted by Crippen LogP contribution is -2.29. The van der Waals surface area contributed by atoms with Gasteiger partial charge in [-0.05, 0) is 52.7 Å². The number of nitrogens with one attached hydrogen (secondary N) is 1. The van der Waals surface area contributed by atoms with Crippen LogP contribution in [0.4, 0.5) is 5.69 Å². The van der Waals surface area contributed by atoms with Gasteiger partial charge in [-0.1, -0.05) is 54.2 Å². The van der Waals surface area contributed by atoms with Gasteiger partial charge in [0.1, 0.15) is 0 Å². The van der Waals surface area contributed by atoms with Crippen molar-refractivity contribution in [2.45, 2.75) is 23.9 Å². The Bertz CT molecular complexity index is 1310. The van der Waals surface area contributed by atoms with Crippen LogP contribution in [0.15, 0.2) is 88.5 Å². The van der Waals surface area contributed by atoms with Gasteiger partial charge in [0.05, 0.1) is 16.5 Å². The Morgan fingerprint density at radius 2 is 1.74 bits per heavy atom. The molecule has 0 saturated carbocycles. The molecule has 0 aliphatic rings. The van der Waals surface area contributed by atoms with E-state index in [2.05, 4.69) is 31.4 Å². The van der Waals surface area contributed by atoms with Gasteiger partial charge in [0.15, 0.2) is 11.0 Å². The summed E-state index contributed by atoms with van der Waals surface area (Å²) in [5.41, 5.74) is 2.30. The lowest BCUT2D eigenvalue weighted by Gasteiger charge is -2.17. The van der Waals surface area contributed by atoms with Gasteiger partial charge in [-0.2, -0.15) is 0 Å². The molecule has 0 radical (unpaired) electrons. The molecule has 10 heteroatoms. The Morgan fingerprint density at radius 3 is 2.41 bits per heavy atom. The standard InChI is InChI=1S/C24H20BrN5O3S/c1-16(26-23(31)20-9-5-6-10-21(20)25)22-27-28-24(34-15-17-7-3-2-4-8-17)29(22)18-11-13-19(14-12-18)30(32)33/h2-14,16H,15H2,1H3,(H,26,31). The summed E-state index contributed by atoms with van der Waals surface area (Å²) in [5, 5.41) is 23.4. The Labute approximate surface area is 208 Å². The SMILES string of the molecule is CC(NC(=O)c1ccccc1Br)c1nnc(SCc2ccccc2)n1-c1ccc([N+](=O)[O-])cc1. The average molecular weight is 538 g/mol. The van der Waals surface area contributed by atoms with E-state index in [0.717, 1.165) is 5.56 Å². The molecule has 34 heavy (non-hydrogen) atoms. The fourth-order valence-corrected chi connectivity index (χ4v) is 4.71. The molecule has 1 N–H and O–H groups in total. The summed E-state index contributed by atoms with van der Waals surface area (Å²) >= 11 is 4.90. The highest BCUT2D eigenvalue weighted by Crippen LogP contribution is 2.29. The molecule has 0 spiro atoms. The molecule has 172 valence electrons. The van der Waals surface area contributed by atoms with E-state index in [1.54, 1.807) is 30.3 Å². The van der Waals surface area contributed by atoms with Crippen molar-refractivity contribution in [1.82, 2.24) is 20.1 Å². The zero-order valence-corrected chi connectivity index (χ0v) is 20.5. The molecule has 1 amide bonds. The highest BCUT2D eigenvalue weighted by Gasteiger charge is 2.22. The summed E-state index contributed by atoms with van der Waals surface area (Å²) in [6.45, 7) is 1.83. The first kappa shape index (κ1) is 23.7. The fraction of sp³-hybridized carbons (Fsp3) is 0.125. The minimum atomic E-state index is -0.478. The normalized spacial score (nSPS) is 11.7. The predicted molar refractivity (Wildman–Crippen MR) is 134 cm³/mol. The Kier molecular flexibility index (Phi) is 7.39. The van der Waals surface area contributed by atoms with E-state index >= 15 is 0 Å². The molecule has 1 atom stereocenters. The maximum atomic E-state index is 12.9. The molecular formula is C24H20BrN5O3S. The van der Waals surface area contributed by atoms with Crippen LogP contribution in [0, 0.1) is 10.1 Å². The van der Waals surface area contributed by atoms with Crippen LogP contribution in [0.3, 0.4) is 0 Å². The van der Waals surface area contributed by atoms with Crippen molar-refractivity contribution in [3.05, 3.63) is 110 Å². The Morgan fingerprint density at radius 1 is 1.06 bits per heavy atom. The van der Waals surface area contributed by atoms with Crippen molar-refractivity contribution in [2.24, 2.45) is 0 Å². The molecule has 0 bridgehead atoms.